The van der Waals surface area contributed by atoms with E-state index >= 15 is 0 Å². The molecule has 3 rings (SSSR count). The fourth-order valence-electron chi connectivity index (χ4n) is 2.68. The summed E-state index contributed by atoms with van der Waals surface area (Å²) in [6, 6.07) is 5.31. The molecule has 0 spiro atoms. The molecule has 0 fully saturated rings. The van der Waals surface area contributed by atoms with E-state index in [1.165, 1.54) is 0 Å². The number of thiophene rings is 1. The average molecular weight is 437 g/mol. The van der Waals surface area contributed by atoms with Crippen LogP contribution in [0.4, 0.5) is 10.7 Å². The van der Waals surface area contributed by atoms with Crippen molar-refractivity contribution in [2.45, 2.75) is 20.8 Å². The summed E-state index contributed by atoms with van der Waals surface area (Å²) in [7, 11) is 0. The van der Waals surface area contributed by atoms with Crippen LogP contribution in [0.5, 0.6) is 11.5 Å². The third-order valence-electron chi connectivity index (χ3n) is 3.94. The molecule has 0 bridgehead atoms. The quantitative estimate of drug-likeness (QED) is 0.515. The maximum absolute atomic E-state index is 12.4. The molecule has 0 amide bonds. The van der Waals surface area contributed by atoms with Crippen molar-refractivity contribution in [1.29, 1.82) is 0 Å². The third-order valence-corrected chi connectivity index (χ3v) is 5.34. The number of esters is 2. The molecule has 1 aliphatic rings. The summed E-state index contributed by atoms with van der Waals surface area (Å²) in [6.45, 7) is 5.73. The minimum Gasteiger partial charge on any atom is -0.462 e. The van der Waals surface area contributed by atoms with Gasteiger partial charge in [-0.2, -0.15) is 0 Å². The maximum Gasteiger partial charge on any atom is 0.348 e. The molecule has 0 unspecified atom stereocenters. The highest BCUT2D eigenvalue weighted by Gasteiger charge is 2.27. The number of anilines is 2. The Balaban J connectivity index is 1.82. The molecule has 0 saturated heterocycles. The Labute approximate surface area is 177 Å². The molecule has 8 nitrogen and oxygen atoms in total. The van der Waals surface area contributed by atoms with Crippen LogP contribution in [0.25, 0.3) is 0 Å². The van der Waals surface area contributed by atoms with Gasteiger partial charge in [-0.1, -0.05) is 0 Å². The van der Waals surface area contributed by atoms with E-state index in [-0.39, 0.29) is 30.7 Å². The van der Waals surface area contributed by atoms with Crippen molar-refractivity contribution in [3.8, 4) is 11.5 Å². The molecule has 154 valence electrons. The monoisotopic (exact) mass is 436 g/mol. The molecule has 2 heterocycles. The lowest BCUT2D eigenvalue weighted by molar-refractivity contribution is 0.0527. The molecular weight excluding hydrogens is 416 g/mol. The van der Waals surface area contributed by atoms with Gasteiger partial charge >= 0.3 is 11.9 Å². The Morgan fingerprint density at radius 2 is 1.79 bits per heavy atom. The Hall–Kier alpha value is -2.85. The van der Waals surface area contributed by atoms with Gasteiger partial charge in [0.15, 0.2) is 16.6 Å². The van der Waals surface area contributed by atoms with E-state index in [0.717, 1.165) is 11.3 Å². The number of fused-ring (bicyclic) bond motifs is 1. The zero-order chi connectivity index (χ0) is 21.0. The second-order valence-electron chi connectivity index (χ2n) is 5.85. The van der Waals surface area contributed by atoms with Gasteiger partial charge in [0.2, 0.25) is 6.79 Å². The molecule has 0 atom stereocenters. The number of nitrogens with one attached hydrogen (secondary N) is 2. The predicted molar refractivity (Wildman–Crippen MR) is 113 cm³/mol. The van der Waals surface area contributed by atoms with E-state index in [1.54, 1.807) is 39.0 Å². The van der Waals surface area contributed by atoms with Crippen molar-refractivity contribution >= 4 is 51.3 Å². The van der Waals surface area contributed by atoms with Gasteiger partial charge in [0.05, 0.1) is 18.8 Å². The van der Waals surface area contributed by atoms with Crippen molar-refractivity contribution in [2.75, 3.05) is 30.6 Å². The summed E-state index contributed by atoms with van der Waals surface area (Å²) < 4.78 is 20.8. The van der Waals surface area contributed by atoms with Crippen molar-refractivity contribution in [2.24, 2.45) is 0 Å². The Kier molecular flexibility index (Phi) is 6.55. The molecule has 0 saturated carbocycles. The van der Waals surface area contributed by atoms with Crippen LogP contribution in [0.15, 0.2) is 18.2 Å². The van der Waals surface area contributed by atoms with Crippen LogP contribution >= 0.6 is 23.6 Å². The Morgan fingerprint density at radius 1 is 1.10 bits per heavy atom. The zero-order valence-corrected chi connectivity index (χ0v) is 17.8. The molecule has 0 aliphatic carbocycles. The maximum atomic E-state index is 12.4. The average Bonchev–Trinajstić information content (AvgIpc) is 3.26. The molecule has 1 aromatic heterocycles. The number of benzene rings is 1. The van der Waals surface area contributed by atoms with Crippen molar-refractivity contribution in [3.05, 3.63) is 34.2 Å². The number of thiocarbonyl (C=S) groups is 1. The van der Waals surface area contributed by atoms with Crippen LogP contribution in [0, 0.1) is 6.92 Å². The third kappa shape index (κ3) is 4.60. The number of hydrogen-bond acceptors (Lipinski definition) is 8. The van der Waals surface area contributed by atoms with Gasteiger partial charge in [0, 0.05) is 11.8 Å². The van der Waals surface area contributed by atoms with Crippen LogP contribution in [-0.4, -0.2) is 37.1 Å². The molecule has 1 aliphatic heterocycles. The summed E-state index contributed by atoms with van der Waals surface area (Å²) in [5.41, 5.74) is 1.43. The van der Waals surface area contributed by atoms with E-state index in [1.807, 2.05) is 0 Å². The summed E-state index contributed by atoms with van der Waals surface area (Å²) in [6.07, 6.45) is 0. The van der Waals surface area contributed by atoms with Gasteiger partial charge in [-0.25, -0.2) is 9.59 Å². The van der Waals surface area contributed by atoms with E-state index in [4.69, 9.17) is 31.2 Å². The molecule has 10 heteroatoms. The standard InChI is InChI=1S/C19H20N2O6S2/c1-4-24-17(22)14-10(3)15(18(23)25-5-2)29-16(14)21-19(28)20-11-6-7-12-13(8-11)27-9-26-12/h6-8H,4-5,9H2,1-3H3,(H2,20,21,28). The van der Waals surface area contributed by atoms with Gasteiger partial charge in [-0.3, -0.25) is 0 Å². The highest BCUT2D eigenvalue weighted by atomic mass is 32.1. The van der Waals surface area contributed by atoms with Crippen LogP contribution < -0.4 is 20.1 Å². The molecular formula is C19H20N2O6S2. The van der Waals surface area contributed by atoms with Crippen molar-refractivity contribution < 1.29 is 28.5 Å². The smallest absolute Gasteiger partial charge is 0.348 e. The first kappa shape index (κ1) is 20.9. The summed E-state index contributed by atoms with van der Waals surface area (Å²) in [5, 5.41) is 6.65. The summed E-state index contributed by atoms with van der Waals surface area (Å²) in [4.78, 5) is 25.0. The molecule has 2 N–H and O–H groups in total. The largest absolute Gasteiger partial charge is 0.462 e. The predicted octanol–water partition coefficient (Wildman–Crippen LogP) is 3.95. The van der Waals surface area contributed by atoms with Gasteiger partial charge in [-0.05, 0) is 50.7 Å². The van der Waals surface area contributed by atoms with Crippen molar-refractivity contribution in [3.63, 3.8) is 0 Å². The van der Waals surface area contributed by atoms with Gasteiger partial charge in [0.25, 0.3) is 0 Å². The van der Waals surface area contributed by atoms with Gasteiger partial charge in [0.1, 0.15) is 9.88 Å². The minimum atomic E-state index is -0.537. The van der Waals surface area contributed by atoms with E-state index in [0.29, 0.717) is 32.6 Å². The first-order chi connectivity index (χ1) is 13.9. The minimum absolute atomic E-state index is 0.176. The van der Waals surface area contributed by atoms with Crippen LogP contribution in [0.3, 0.4) is 0 Å². The second-order valence-corrected chi connectivity index (χ2v) is 7.28. The second kappa shape index (κ2) is 9.10. The van der Waals surface area contributed by atoms with E-state index < -0.39 is 11.9 Å². The van der Waals surface area contributed by atoms with Crippen LogP contribution in [-0.2, 0) is 9.47 Å². The highest BCUT2D eigenvalue weighted by molar-refractivity contribution is 7.80. The summed E-state index contributed by atoms with van der Waals surface area (Å²) >= 11 is 6.46. The normalized spacial score (nSPS) is 11.7. The van der Waals surface area contributed by atoms with Gasteiger partial charge < -0.3 is 29.6 Å². The van der Waals surface area contributed by atoms with Crippen LogP contribution in [0.2, 0.25) is 0 Å². The number of rotatable bonds is 6. The summed E-state index contributed by atoms with van der Waals surface area (Å²) in [5.74, 6) is 0.238. The van der Waals surface area contributed by atoms with Crippen molar-refractivity contribution in [1.82, 2.24) is 0 Å². The van der Waals surface area contributed by atoms with Gasteiger partial charge in [-0.15, -0.1) is 11.3 Å². The van der Waals surface area contributed by atoms with E-state index in [2.05, 4.69) is 10.6 Å². The first-order valence-corrected chi connectivity index (χ1v) is 10.1. The fraction of sp³-hybridized carbons (Fsp3) is 0.316. The molecule has 0 radical (unpaired) electrons. The topological polar surface area (TPSA) is 95.1 Å². The van der Waals surface area contributed by atoms with E-state index in [9.17, 15) is 9.59 Å². The lowest BCUT2D eigenvalue weighted by Gasteiger charge is -2.11. The fourth-order valence-corrected chi connectivity index (χ4v) is 4.06. The molecule has 2 aromatic rings. The molecule has 29 heavy (non-hydrogen) atoms. The Morgan fingerprint density at radius 3 is 2.52 bits per heavy atom. The zero-order valence-electron chi connectivity index (χ0n) is 16.1. The number of ether oxygens (including phenoxy) is 4. The number of carbonyl (C=O) groups excluding carboxylic acids is 2. The number of hydrogen-bond donors (Lipinski definition) is 2. The highest BCUT2D eigenvalue weighted by Crippen LogP contribution is 2.36. The Bertz CT molecular complexity index is 956. The number of carbonyl (C=O) groups is 2. The lowest BCUT2D eigenvalue weighted by atomic mass is 10.1. The molecule has 1 aromatic carbocycles. The first-order valence-electron chi connectivity index (χ1n) is 8.89. The lowest BCUT2D eigenvalue weighted by Crippen LogP contribution is -2.20. The SMILES string of the molecule is CCOC(=O)c1sc(NC(=S)Nc2ccc3c(c2)OCO3)c(C(=O)OCC)c1C. The van der Waals surface area contributed by atoms with Crippen LogP contribution in [0.1, 0.15) is 39.4 Å².